The van der Waals surface area contributed by atoms with Crippen LogP contribution in [0.4, 0.5) is 11.4 Å². The first kappa shape index (κ1) is 15.2. The molecule has 1 saturated heterocycles. The molecule has 1 fully saturated rings. The Morgan fingerprint density at radius 3 is 1.95 bits per heavy atom. The van der Waals surface area contributed by atoms with Gasteiger partial charge in [0.15, 0.2) is 5.11 Å². The fourth-order valence-corrected chi connectivity index (χ4v) is 2.52. The summed E-state index contributed by atoms with van der Waals surface area (Å²) in [5.74, 6) is 0.0000491. The molecule has 1 aliphatic heterocycles. The molecule has 0 unspecified atom stereocenters. The number of amides is 1. The molecule has 0 radical (unpaired) electrons. The molecule has 3 rings (SSSR count). The van der Waals surface area contributed by atoms with Crippen molar-refractivity contribution >= 4 is 34.6 Å². The Hall–Kier alpha value is -1.20. The van der Waals surface area contributed by atoms with Gasteiger partial charge in [0.2, 0.25) is 0 Å². The predicted octanol–water partition coefficient (Wildman–Crippen LogP) is -0.0588. The van der Waals surface area contributed by atoms with E-state index in [1.54, 1.807) is 4.90 Å². The van der Waals surface area contributed by atoms with Gasteiger partial charge in [0.25, 0.3) is 5.91 Å². The molecule has 96 valence electrons. The van der Waals surface area contributed by atoms with Crippen LogP contribution in [0.15, 0.2) is 60.7 Å². The van der Waals surface area contributed by atoms with Gasteiger partial charge in [-0.25, -0.2) is 0 Å². The summed E-state index contributed by atoms with van der Waals surface area (Å²) in [7, 11) is 0. The van der Waals surface area contributed by atoms with Crippen molar-refractivity contribution in [2.45, 2.75) is 0 Å². The van der Waals surface area contributed by atoms with E-state index in [9.17, 15) is 4.79 Å². The van der Waals surface area contributed by atoms with E-state index in [0.29, 0.717) is 5.11 Å². The van der Waals surface area contributed by atoms with E-state index in [2.05, 4.69) is 0 Å². The maximum Gasteiger partial charge on any atom is 1.00 e. The molecule has 0 bridgehead atoms. The molecule has 1 aliphatic rings. The number of hydrogen-bond donors (Lipinski definition) is 0. The predicted molar refractivity (Wildman–Crippen MR) is 81.4 cm³/mol. The van der Waals surface area contributed by atoms with E-state index in [0.717, 1.165) is 11.4 Å². The Kier molecular flexibility index (Phi) is 4.94. The van der Waals surface area contributed by atoms with Crippen LogP contribution in [0.25, 0.3) is 0 Å². The van der Waals surface area contributed by atoms with Gasteiger partial charge in [-0.2, -0.15) is 0 Å². The second-order valence-corrected chi connectivity index (χ2v) is 4.63. The number of thiocarbonyl (C=S) groups is 1. The van der Waals surface area contributed by atoms with E-state index in [1.807, 2.05) is 65.6 Å². The number of carbonyl (C=O) groups excluding carboxylic acids is 1. The number of para-hydroxylation sites is 2. The minimum atomic E-state index is 0. The van der Waals surface area contributed by atoms with Gasteiger partial charge in [-0.3, -0.25) is 9.69 Å². The van der Waals surface area contributed by atoms with Crippen molar-refractivity contribution in [3.8, 4) is 0 Å². The molecule has 0 aliphatic carbocycles. The molecule has 20 heavy (non-hydrogen) atoms. The third kappa shape index (κ3) is 2.79. The van der Waals surface area contributed by atoms with Crippen molar-refractivity contribution in [1.29, 1.82) is 0 Å². The SMILES string of the molecule is O=C1CN(c2ccccc2)C(=S)N1c1ccccc1.[H-].[Na+]. The van der Waals surface area contributed by atoms with Gasteiger partial charge in [0, 0.05) is 5.69 Å². The molecule has 2 aromatic rings. The third-order valence-corrected chi connectivity index (χ3v) is 3.45. The standard InChI is InChI=1S/C15H12N2OS.Na.H/c18-14-11-16(12-7-3-1-4-8-12)15(19)17(14)13-9-5-2-6-10-13;;/h1-10H,11H2;;/q;+1;-1. The van der Waals surface area contributed by atoms with Gasteiger partial charge in [-0.1, -0.05) is 36.4 Å². The van der Waals surface area contributed by atoms with Crippen molar-refractivity contribution in [1.82, 2.24) is 0 Å². The molecule has 5 heteroatoms. The number of nitrogens with zero attached hydrogens (tertiary/aromatic N) is 2. The Morgan fingerprint density at radius 2 is 1.40 bits per heavy atom. The largest absolute Gasteiger partial charge is 1.00 e. The number of carbonyl (C=O) groups is 1. The van der Waals surface area contributed by atoms with Gasteiger partial charge in [-0.05, 0) is 36.5 Å². The molecule has 0 saturated carbocycles. The molecule has 0 atom stereocenters. The topological polar surface area (TPSA) is 23.6 Å². The summed E-state index contributed by atoms with van der Waals surface area (Å²) in [4.78, 5) is 15.6. The van der Waals surface area contributed by atoms with Crippen LogP contribution in [-0.2, 0) is 4.79 Å². The summed E-state index contributed by atoms with van der Waals surface area (Å²) >= 11 is 5.43. The minimum Gasteiger partial charge on any atom is -1.00 e. The van der Waals surface area contributed by atoms with Crippen molar-refractivity contribution in [2.24, 2.45) is 0 Å². The zero-order valence-corrected chi connectivity index (χ0v) is 14.0. The quantitative estimate of drug-likeness (QED) is 0.572. The Morgan fingerprint density at radius 1 is 0.900 bits per heavy atom. The summed E-state index contributed by atoms with van der Waals surface area (Å²) in [5.41, 5.74) is 1.76. The number of rotatable bonds is 2. The Balaban J connectivity index is 0.00000110. The average Bonchev–Trinajstić information content (AvgIpc) is 2.76. The molecule has 1 amide bonds. The summed E-state index contributed by atoms with van der Waals surface area (Å²) in [6.07, 6.45) is 0. The van der Waals surface area contributed by atoms with Gasteiger partial charge >= 0.3 is 29.6 Å². The van der Waals surface area contributed by atoms with Gasteiger partial charge in [0.05, 0.1) is 5.69 Å². The summed E-state index contributed by atoms with van der Waals surface area (Å²) in [5, 5.41) is 0.530. The van der Waals surface area contributed by atoms with Gasteiger partial charge < -0.3 is 6.33 Å². The van der Waals surface area contributed by atoms with Crippen LogP contribution in [0.5, 0.6) is 0 Å². The van der Waals surface area contributed by atoms with Crippen molar-refractivity contribution in [2.75, 3.05) is 16.3 Å². The first-order valence-electron chi connectivity index (χ1n) is 6.02. The second-order valence-electron chi connectivity index (χ2n) is 4.27. The van der Waals surface area contributed by atoms with Gasteiger partial charge in [-0.15, -0.1) is 0 Å². The number of hydrogen-bond acceptors (Lipinski definition) is 2. The van der Waals surface area contributed by atoms with Gasteiger partial charge in [0.1, 0.15) is 6.54 Å². The summed E-state index contributed by atoms with van der Waals surface area (Å²) < 4.78 is 0. The molecule has 0 N–H and O–H groups in total. The monoisotopic (exact) mass is 292 g/mol. The van der Waals surface area contributed by atoms with E-state index in [4.69, 9.17) is 12.2 Å². The van der Waals surface area contributed by atoms with Crippen LogP contribution < -0.4 is 39.4 Å². The van der Waals surface area contributed by atoms with Crippen LogP contribution in [0.2, 0.25) is 0 Å². The maximum atomic E-state index is 12.2. The molecule has 3 nitrogen and oxygen atoms in total. The maximum absolute atomic E-state index is 12.2. The zero-order valence-electron chi connectivity index (χ0n) is 12.2. The molecule has 1 heterocycles. The van der Waals surface area contributed by atoms with E-state index in [1.165, 1.54) is 0 Å². The normalized spacial score (nSPS) is 14.4. The van der Waals surface area contributed by atoms with E-state index in [-0.39, 0.29) is 43.4 Å². The van der Waals surface area contributed by atoms with Crippen LogP contribution in [0.3, 0.4) is 0 Å². The minimum absolute atomic E-state index is 0. The molecular formula is C15H13N2NaOS. The number of benzene rings is 2. The summed E-state index contributed by atoms with van der Waals surface area (Å²) in [6, 6.07) is 19.2. The van der Waals surface area contributed by atoms with Crippen LogP contribution in [0.1, 0.15) is 1.43 Å². The number of anilines is 2. The van der Waals surface area contributed by atoms with Crippen molar-refractivity contribution < 1.29 is 35.8 Å². The second kappa shape index (κ2) is 6.50. The first-order chi connectivity index (χ1) is 9.27. The zero-order chi connectivity index (χ0) is 13.2. The Labute approximate surface area is 147 Å². The van der Waals surface area contributed by atoms with Crippen LogP contribution in [-0.4, -0.2) is 17.6 Å². The van der Waals surface area contributed by atoms with Crippen LogP contribution >= 0.6 is 12.2 Å². The molecular weight excluding hydrogens is 279 g/mol. The van der Waals surface area contributed by atoms with E-state index >= 15 is 0 Å². The molecule has 0 spiro atoms. The third-order valence-electron chi connectivity index (χ3n) is 3.05. The van der Waals surface area contributed by atoms with Crippen molar-refractivity contribution in [3.05, 3.63) is 60.7 Å². The Bertz CT molecular complexity index is 624. The smallest absolute Gasteiger partial charge is 1.00 e. The average molecular weight is 292 g/mol. The van der Waals surface area contributed by atoms with E-state index < -0.39 is 0 Å². The molecule has 2 aromatic carbocycles. The summed E-state index contributed by atoms with van der Waals surface area (Å²) in [6.45, 7) is 0.289. The molecule has 0 aromatic heterocycles. The van der Waals surface area contributed by atoms with Crippen LogP contribution in [0, 0.1) is 0 Å². The van der Waals surface area contributed by atoms with Crippen molar-refractivity contribution in [3.63, 3.8) is 0 Å². The first-order valence-corrected chi connectivity index (χ1v) is 6.43. The fourth-order valence-electron chi connectivity index (χ4n) is 2.14. The fraction of sp³-hybridized carbons (Fsp3) is 0.0667.